The van der Waals surface area contributed by atoms with Crippen molar-refractivity contribution in [2.45, 2.75) is 12.6 Å². The first-order chi connectivity index (χ1) is 15.4. The Morgan fingerprint density at radius 2 is 1.72 bits per heavy atom. The number of carbonyl (C=O) groups is 1. The standard InChI is InChI=1S/C23H25N5O4/c1-26-10-9-24-22(26)21(15-11-16(31-3)13-17(12-15)32-4)25-20(29)14-28-19-8-6-5-7-18(19)27(2)23(28)30/h5-13,21H,14H2,1-4H3,(H,25,29). The second kappa shape index (κ2) is 8.62. The molecule has 0 saturated carbocycles. The lowest BCUT2D eigenvalue weighted by molar-refractivity contribution is -0.122. The van der Waals surface area contributed by atoms with Crippen LogP contribution in [-0.4, -0.2) is 38.8 Å². The van der Waals surface area contributed by atoms with E-state index in [4.69, 9.17) is 9.47 Å². The molecule has 0 bridgehead atoms. The topological polar surface area (TPSA) is 92.3 Å². The zero-order chi connectivity index (χ0) is 22.8. The fourth-order valence-corrected chi connectivity index (χ4v) is 3.81. The van der Waals surface area contributed by atoms with Crippen LogP contribution in [-0.2, 0) is 25.4 Å². The molecule has 1 unspecified atom stereocenters. The van der Waals surface area contributed by atoms with E-state index in [2.05, 4.69) is 10.3 Å². The average molecular weight is 435 g/mol. The highest BCUT2D eigenvalue weighted by Crippen LogP contribution is 2.29. The predicted octanol–water partition coefficient (Wildman–Crippen LogP) is 2.00. The van der Waals surface area contributed by atoms with Gasteiger partial charge in [0, 0.05) is 32.6 Å². The molecular formula is C23H25N5O4. The minimum atomic E-state index is -0.572. The Labute approximate surface area is 184 Å². The fraction of sp³-hybridized carbons (Fsp3) is 0.261. The molecule has 2 aromatic carbocycles. The molecule has 0 spiro atoms. The Morgan fingerprint density at radius 1 is 1.06 bits per heavy atom. The van der Waals surface area contributed by atoms with Crippen LogP contribution < -0.4 is 20.5 Å². The third kappa shape index (κ3) is 3.84. The van der Waals surface area contributed by atoms with Crippen molar-refractivity contribution >= 4 is 16.9 Å². The number of methoxy groups -OCH3 is 2. The normalized spacial score (nSPS) is 12.0. The summed E-state index contributed by atoms with van der Waals surface area (Å²) in [7, 11) is 6.69. The number of para-hydroxylation sites is 2. The van der Waals surface area contributed by atoms with Gasteiger partial charge in [-0.1, -0.05) is 12.1 Å². The van der Waals surface area contributed by atoms with Crippen LogP contribution in [0.15, 0.2) is 59.7 Å². The minimum absolute atomic E-state index is 0.123. The Balaban J connectivity index is 1.70. The van der Waals surface area contributed by atoms with E-state index >= 15 is 0 Å². The van der Waals surface area contributed by atoms with E-state index in [9.17, 15) is 9.59 Å². The van der Waals surface area contributed by atoms with Crippen LogP contribution in [0.5, 0.6) is 11.5 Å². The molecule has 2 aromatic heterocycles. The van der Waals surface area contributed by atoms with Crippen molar-refractivity contribution in [1.29, 1.82) is 0 Å². The number of ether oxygens (including phenoxy) is 2. The second-order valence-electron chi connectivity index (χ2n) is 7.46. The van der Waals surface area contributed by atoms with Crippen LogP contribution in [0, 0.1) is 0 Å². The highest BCUT2D eigenvalue weighted by atomic mass is 16.5. The van der Waals surface area contributed by atoms with Gasteiger partial charge in [-0.05, 0) is 29.8 Å². The largest absolute Gasteiger partial charge is 0.497 e. The predicted molar refractivity (Wildman–Crippen MR) is 120 cm³/mol. The molecule has 4 aromatic rings. The number of aromatic nitrogens is 4. The van der Waals surface area contributed by atoms with E-state index in [0.29, 0.717) is 22.8 Å². The van der Waals surface area contributed by atoms with Crippen LogP contribution in [0.25, 0.3) is 11.0 Å². The first-order valence-electron chi connectivity index (χ1n) is 10.1. The van der Waals surface area contributed by atoms with Gasteiger partial charge in [0.25, 0.3) is 0 Å². The molecule has 0 aliphatic carbocycles. The van der Waals surface area contributed by atoms with Crippen LogP contribution in [0.3, 0.4) is 0 Å². The Morgan fingerprint density at radius 3 is 2.31 bits per heavy atom. The number of hydrogen-bond donors (Lipinski definition) is 1. The number of carbonyl (C=O) groups excluding carboxylic acids is 1. The summed E-state index contributed by atoms with van der Waals surface area (Å²) in [4.78, 5) is 30.3. The lowest BCUT2D eigenvalue weighted by Gasteiger charge is -2.20. The van der Waals surface area contributed by atoms with Gasteiger partial charge in [0.1, 0.15) is 29.9 Å². The average Bonchev–Trinajstić information content (AvgIpc) is 3.34. The second-order valence-corrected chi connectivity index (χ2v) is 7.46. The molecule has 0 saturated heterocycles. The molecule has 4 rings (SSSR count). The van der Waals surface area contributed by atoms with E-state index in [1.807, 2.05) is 48.0 Å². The molecule has 32 heavy (non-hydrogen) atoms. The highest BCUT2D eigenvalue weighted by Gasteiger charge is 2.23. The smallest absolute Gasteiger partial charge is 0.329 e. The number of amides is 1. The number of nitrogens with one attached hydrogen (secondary N) is 1. The van der Waals surface area contributed by atoms with Crippen LogP contribution in [0.1, 0.15) is 17.4 Å². The molecule has 2 heterocycles. The molecule has 1 amide bonds. The summed E-state index contributed by atoms with van der Waals surface area (Å²) in [6, 6.07) is 12.2. The highest BCUT2D eigenvalue weighted by molar-refractivity contribution is 5.81. The first kappa shape index (κ1) is 21.2. The SMILES string of the molecule is COc1cc(OC)cc(C(NC(=O)Cn2c(=O)n(C)c3ccccc32)c2nccn2C)c1. The van der Waals surface area contributed by atoms with Crippen molar-refractivity contribution in [3.8, 4) is 11.5 Å². The van der Waals surface area contributed by atoms with Crippen molar-refractivity contribution in [3.05, 3.63) is 76.7 Å². The maximum atomic E-state index is 13.1. The van der Waals surface area contributed by atoms with E-state index < -0.39 is 6.04 Å². The Kier molecular flexibility index (Phi) is 5.72. The minimum Gasteiger partial charge on any atom is -0.497 e. The lowest BCUT2D eigenvalue weighted by atomic mass is 10.0. The molecule has 0 aliphatic heterocycles. The summed E-state index contributed by atoms with van der Waals surface area (Å²) in [6.45, 7) is -0.123. The van der Waals surface area contributed by atoms with Gasteiger partial charge in [-0.25, -0.2) is 9.78 Å². The lowest BCUT2D eigenvalue weighted by Crippen LogP contribution is -2.36. The molecule has 1 N–H and O–H groups in total. The Hall–Kier alpha value is -4.01. The number of benzene rings is 2. The van der Waals surface area contributed by atoms with Gasteiger partial charge >= 0.3 is 5.69 Å². The van der Waals surface area contributed by atoms with E-state index in [0.717, 1.165) is 11.1 Å². The maximum absolute atomic E-state index is 13.1. The number of imidazole rings is 2. The summed E-state index contributed by atoms with van der Waals surface area (Å²) in [5.74, 6) is 1.51. The number of rotatable bonds is 7. The summed E-state index contributed by atoms with van der Waals surface area (Å²) in [6.07, 6.45) is 3.47. The number of fused-ring (bicyclic) bond motifs is 1. The molecule has 0 radical (unpaired) electrons. The zero-order valence-corrected chi connectivity index (χ0v) is 18.4. The van der Waals surface area contributed by atoms with E-state index in [1.54, 1.807) is 39.7 Å². The summed E-state index contributed by atoms with van der Waals surface area (Å²) in [5.41, 5.74) is 1.96. The van der Waals surface area contributed by atoms with Gasteiger partial charge in [0.2, 0.25) is 5.91 Å². The molecule has 9 heteroatoms. The molecule has 0 fully saturated rings. The molecule has 1 atom stereocenters. The monoisotopic (exact) mass is 435 g/mol. The summed E-state index contributed by atoms with van der Waals surface area (Å²) >= 11 is 0. The number of nitrogens with zero attached hydrogens (tertiary/aromatic N) is 4. The van der Waals surface area contributed by atoms with Gasteiger partial charge in [-0.15, -0.1) is 0 Å². The first-order valence-corrected chi connectivity index (χ1v) is 10.1. The molecular weight excluding hydrogens is 410 g/mol. The van der Waals surface area contributed by atoms with Crippen molar-refractivity contribution < 1.29 is 14.3 Å². The summed E-state index contributed by atoms with van der Waals surface area (Å²) < 4.78 is 15.6. The van der Waals surface area contributed by atoms with Crippen molar-refractivity contribution in [2.75, 3.05) is 14.2 Å². The van der Waals surface area contributed by atoms with Gasteiger partial charge in [0.05, 0.1) is 25.3 Å². The Bertz CT molecular complexity index is 1310. The van der Waals surface area contributed by atoms with Gasteiger partial charge < -0.3 is 19.4 Å². The van der Waals surface area contributed by atoms with E-state index in [1.165, 1.54) is 9.13 Å². The zero-order valence-electron chi connectivity index (χ0n) is 18.4. The quantitative estimate of drug-likeness (QED) is 0.479. The van der Waals surface area contributed by atoms with E-state index in [-0.39, 0.29) is 18.1 Å². The third-order valence-corrected chi connectivity index (χ3v) is 5.48. The fourth-order valence-electron chi connectivity index (χ4n) is 3.81. The van der Waals surface area contributed by atoms with Gasteiger partial charge in [-0.2, -0.15) is 0 Å². The number of hydrogen-bond acceptors (Lipinski definition) is 5. The number of aryl methyl sites for hydroxylation is 2. The van der Waals surface area contributed by atoms with Crippen LogP contribution >= 0.6 is 0 Å². The molecule has 166 valence electrons. The van der Waals surface area contributed by atoms with Gasteiger partial charge in [0.15, 0.2) is 0 Å². The maximum Gasteiger partial charge on any atom is 0.329 e. The van der Waals surface area contributed by atoms with Crippen LogP contribution in [0.2, 0.25) is 0 Å². The van der Waals surface area contributed by atoms with Gasteiger partial charge in [-0.3, -0.25) is 13.9 Å². The van der Waals surface area contributed by atoms with Crippen molar-refractivity contribution in [2.24, 2.45) is 14.1 Å². The summed E-state index contributed by atoms with van der Waals surface area (Å²) in [5, 5.41) is 3.03. The molecule has 9 nitrogen and oxygen atoms in total. The van der Waals surface area contributed by atoms with Crippen molar-refractivity contribution in [3.63, 3.8) is 0 Å². The van der Waals surface area contributed by atoms with Crippen molar-refractivity contribution in [1.82, 2.24) is 24.0 Å². The third-order valence-electron chi connectivity index (χ3n) is 5.48. The molecule has 0 aliphatic rings. The van der Waals surface area contributed by atoms with Crippen LogP contribution in [0.4, 0.5) is 0 Å².